The van der Waals surface area contributed by atoms with E-state index < -0.39 is 0 Å². The maximum atomic E-state index is 11.3. The van der Waals surface area contributed by atoms with Crippen molar-refractivity contribution in [1.29, 1.82) is 0 Å². The molecule has 0 aromatic carbocycles. The normalized spacial score (nSPS) is 24.6. The first kappa shape index (κ1) is 7.90. The summed E-state index contributed by atoms with van der Waals surface area (Å²) in [5.74, 6) is 0. The Kier molecular flexibility index (Phi) is 1.74. The van der Waals surface area contributed by atoms with Gasteiger partial charge in [-0.3, -0.25) is 0 Å². The van der Waals surface area contributed by atoms with Crippen molar-refractivity contribution in [2.75, 3.05) is 19.6 Å². The quantitative estimate of drug-likeness (QED) is 0.660. The highest BCUT2D eigenvalue weighted by atomic mass is 16.2. The van der Waals surface area contributed by atoms with Crippen LogP contribution in [-0.2, 0) is 0 Å². The Balaban J connectivity index is 1.68. The molecule has 68 valence electrons. The number of amides is 2. The van der Waals surface area contributed by atoms with E-state index in [4.69, 9.17) is 0 Å². The Hall–Kier alpha value is -0.730. The highest BCUT2D eigenvalue weighted by Gasteiger charge is 2.37. The predicted molar refractivity (Wildman–Crippen MR) is 46.9 cm³/mol. The Morgan fingerprint density at radius 3 is 2.58 bits per heavy atom. The number of urea groups is 1. The van der Waals surface area contributed by atoms with E-state index in [2.05, 4.69) is 12.2 Å². The molecule has 2 fully saturated rings. The van der Waals surface area contributed by atoms with Crippen LogP contribution in [0.15, 0.2) is 0 Å². The molecule has 0 spiro atoms. The fourth-order valence-electron chi connectivity index (χ4n) is 1.31. The van der Waals surface area contributed by atoms with Crippen molar-refractivity contribution < 1.29 is 4.79 Å². The Bertz CT molecular complexity index is 195. The molecule has 0 radical (unpaired) electrons. The number of nitrogens with one attached hydrogen (secondary N) is 1. The second-order valence-electron chi connectivity index (χ2n) is 4.31. The topological polar surface area (TPSA) is 32.3 Å². The zero-order valence-corrected chi connectivity index (χ0v) is 7.60. The molecule has 0 aromatic rings. The van der Waals surface area contributed by atoms with E-state index in [0.29, 0.717) is 5.41 Å². The first-order valence-electron chi connectivity index (χ1n) is 4.72. The minimum Gasteiger partial charge on any atom is -0.337 e. The van der Waals surface area contributed by atoms with Crippen molar-refractivity contribution in [3.05, 3.63) is 0 Å². The minimum absolute atomic E-state index is 0.134. The highest BCUT2D eigenvalue weighted by molar-refractivity contribution is 5.74. The molecule has 1 aliphatic heterocycles. The highest BCUT2D eigenvalue weighted by Crippen LogP contribution is 2.44. The Morgan fingerprint density at radius 2 is 2.17 bits per heavy atom. The van der Waals surface area contributed by atoms with E-state index >= 15 is 0 Å². The van der Waals surface area contributed by atoms with Crippen LogP contribution in [0.2, 0.25) is 0 Å². The molecule has 1 saturated heterocycles. The number of carbonyl (C=O) groups is 1. The van der Waals surface area contributed by atoms with Crippen molar-refractivity contribution in [3.63, 3.8) is 0 Å². The molecule has 0 unspecified atom stereocenters. The summed E-state index contributed by atoms with van der Waals surface area (Å²) in [6, 6.07) is 0.134. The number of carbonyl (C=O) groups excluding carboxylic acids is 1. The number of rotatable bonds is 2. The van der Waals surface area contributed by atoms with E-state index in [1.165, 1.54) is 19.3 Å². The van der Waals surface area contributed by atoms with Crippen LogP contribution in [0.5, 0.6) is 0 Å². The predicted octanol–water partition coefficient (Wildman–Crippen LogP) is 1.20. The first-order chi connectivity index (χ1) is 5.70. The SMILES string of the molecule is CC1(CNC(=O)N2CCC2)CC1. The van der Waals surface area contributed by atoms with Gasteiger partial charge in [-0.25, -0.2) is 4.79 Å². The van der Waals surface area contributed by atoms with Crippen molar-refractivity contribution in [2.24, 2.45) is 5.41 Å². The van der Waals surface area contributed by atoms with Gasteiger partial charge in [-0.2, -0.15) is 0 Å². The smallest absolute Gasteiger partial charge is 0.317 e. The molecule has 12 heavy (non-hydrogen) atoms. The molecular formula is C9H16N2O. The van der Waals surface area contributed by atoms with Crippen LogP contribution >= 0.6 is 0 Å². The van der Waals surface area contributed by atoms with Crippen molar-refractivity contribution in [3.8, 4) is 0 Å². The van der Waals surface area contributed by atoms with Crippen LogP contribution < -0.4 is 5.32 Å². The largest absolute Gasteiger partial charge is 0.337 e. The van der Waals surface area contributed by atoms with Gasteiger partial charge in [0, 0.05) is 19.6 Å². The lowest BCUT2D eigenvalue weighted by atomic mass is 10.1. The van der Waals surface area contributed by atoms with Gasteiger partial charge in [0.05, 0.1) is 0 Å². The number of hydrogen-bond acceptors (Lipinski definition) is 1. The van der Waals surface area contributed by atoms with Crippen LogP contribution in [0, 0.1) is 5.41 Å². The third-order valence-corrected chi connectivity index (χ3v) is 2.91. The van der Waals surface area contributed by atoms with Gasteiger partial charge >= 0.3 is 6.03 Å². The minimum atomic E-state index is 0.134. The second-order valence-corrected chi connectivity index (χ2v) is 4.31. The van der Waals surface area contributed by atoms with Crippen LogP contribution in [-0.4, -0.2) is 30.6 Å². The lowest BCUT2D eigenvalue weighted by Crippen LogP contribution is -2.48. The lowest BCUT2D eigenvalue weighted by molar-refractivity contribution is 0.166. The van der Waals surface area contributed by atoms with Crippen LogP contribution in [0.4, 0.5) is 4.79 Å². The fourth-order valence-corrected chi connectivity index (χ4v) is 1.31. The van der Waals surface area contributed by atoms with Crippen LogP contribution in [0.1, 0.15) is 26.2 Å². The molecule has 1 heterocycles. The average molecular weight is 168 g/mol. The third-order valence-electron chi connectivity index (χ3n) is 2.91. The Morgan fingerprint density at radius 1 is 1.50 bits per heavy atom. The molecular weight excluding hydrogens is 152 g/mol. The van der Waals surface area contributed by atoms with Crippen molar-refractivity contribution in [2.45, 2.75) is 26.2 Å². The van der Waals surface area contributed by atoms with E-state index in [-0.39, 0.29) is 6.03 Å². The van der Waals surface area contributed by atoms with Gasteiger partial charge in [-0.1, -0.05) is 6.92 Å². The number of hydrogen-bond donors (Lipinski definition) is 1. The maximum Gasteiger partial charge on any atom is 0.317 e. The average Bonchev–Trinajstić information content (AvgIpc) is 2.62. The summed E-state index contributed by atoms with van der Waals surface area (Å²) in [4.78, 5) is 13.2. The maximum absolute atomic E-state index is 11.3. The molecule has 0 aromatic heterocycles. The van der Waals surface area contributed by atoms with Crippen LogP contribution in [0.25, 0.3) is 0 Å². The number of nitrogens with zero attached hydrogens (tertiary/aromatic N) is 1. The molecule has 1 aliphatic carbocycles. The summed E-state index contributed by atoms with van der Waals surface area (Å²) in [5, 5.41) is 2.97. The van der Waals surface area contributed by atoms with E-state index in [1.54, 1.807) is 0 Å². The molecule has 3 nitrogen and oxygen atoms in total. The van der Waals surface area contributed by atoms with Gasteiger partial charge in [0.15, 0.2) is 0 Å². The van der Waals surface area contributed by atoms with Gasteiger partial charge in [-0.05, 0) is 24.7 Å². The van der Waals surface area contributed by atoms with Gasteiger partial charge in [-0.15, -0.1) is 0 Å². The van der Waals surface area contributed by atoms with Crippen molar-refractivity contribution >= 4 is 6.03 Å². The summed E-state index contributed by atoms with van der Waals surface area (Å²) in [6.07, 6.45) is 3.71. The monoisotopic (exact) mass is 168 g/mol. The third kappa shape index (κ3) is 1.54. The standard InChI is InChI=1S/C9H16N2O/c1-9(3-4-9)7-10-8(12)11-5-2-6-11/h2-7H2,1H3,(H,10,12). The molecule has 1 saturated carbocycles. The summed E-state index contributed by atoms with van der Waals surface area (Å²) >= 11 is 0. The molecule has 0 atom stereocenters. The summed E-state index contributed by atoms with van der Waals surface area (Å²) in [7, 11) is 0. The summed E-state index contributed by atoms with van der Waals surface area (Å²) in [6.45, 7) is 4.98. The van der Waals surface area contributed by atoms with E-state index in [9.17, 15) is 4.79 Å². The van der Waals surface area contributed by atoms with Gasteiger partial charge in [0.2, 0.25) is 0 Å². The van der Waals surface area contributed by atoms with Gasteiger partial charge in [0.1, 0.15) is 0 Å². The molecule has 2 amide bonds. The summed E-state index contributed by atoms with van der Waals surface area (Å²) in [5.41, 5.74) is 0.431. The molecule has 2 rings (SSSR count). The molecule has 3 heteroatoms. The zero-order chi connectivity index (χ0) is 8.60. The van der Waals surface area contributed by atoms with Gasteiger partial charge in [0.25, 0.3) is 0 Å². The summed E-state index contributed by atoms with van der Waals surface area (Å²) < 4.78 is 0. The second kappa shape index (κ2) is 2.64. The molecule has 2 aliphatic rings. The van der Waals surface area contributed by atoms with Crippen LogP contribution in [0.3, 0.4) is 0 Å². The van der Waals surface area contributed by atoms with Crippen molar-refractivity contribution in [1.82, 2.24) is 10.2 Å². The zero-order valence-electron chi connectivity index (χ0n) is 7.60. The number of likely N-dealkylation sites (tertiary alicyclic amines) is 1. The molecule has 0 bridgehead atoms. The lowest BCUT2D eigenvalue weighted by Gasteiger charge is -2.31. The van der Waals surface area contributed by atoms with E-state index in [0.717, 1.165) is 19.6 Å². The van der Waals surface area contributed by atoms with E-state index in [1.807, 2.05) is 4.90 Å². The Labute approximate surface area is 73.1 Å². The fraction of sp³-hybridized carbons (Fsp3) is 0.889. The molecule has 1 N–H and O–H groups in total. The van der Waals surface area contributed by atoms with Gasteiger partial charge < -0.3 is 10.2 Å². The first-order valence-corrected chi connectivity index (χ1v) is 4.72.